The molecular formula is C23H18ClN5OS. The van der Waals surface area contributed by atoms with E-state index in [0.29, 0.717) is 16.7 Å². The van der Waals surface area contributed by atoms with Crippen molar-refractivity contribution < 1.29 is 4.79 Å². The van der Waals surface area contributed by atoms with Gasteiger partial charge in [0.1, 0.15) is 12.1 Å². The largest absolute Gasteiger partial charge is 0.282 e. The van der Waals surface area contributed by atoms with Crippen LogP contribution in [0.1, 0.15) is 11.1 Å². The summed E-state index contributed by atoms with van der Waals surface area (Å²) in [5, 5.41) is 9.63. The number of carbonyl (C=O) groups is 1. The average Bonchev–Trinajstić information content (AvgIpc) is 3.37. The van der Waals surface area contributed by atoms with Gasteiger partial charge in [-0.05, 0) is 42.3 Å². The first kappa shape index (κ1) is 19.7. The zero-order chi connectivity index (χ0) is 21.4. The smallest absolute Gasteiger partial charge is 0.250 e. The van der Waals surface area contributed by atoms with Crippen LogP contribution in [-0.4, -0.2) is 25.9 Å². The van der Waals surface area contributed by atoms with E-state index in [0.717, 1.165) is 32.4 Å². The monoisotopic (exact) mass is 447 g/mol. The van der Waals surface area contributed by atoms with Gasteiger partial charge in [-0.3, -0.25) is 9.69 Å². The van der Waals surface area contributed by atoms with E-state index < -0.39 is 0 Å². The third-order valence-corrected chi connectivity index (χ3v) is 6.30. The van der Waals surface area contributed by atoms with Gasteiger partial charge in [0.15, 0.2) is 5.13 Å². The summed E-state index contributed by atoms with van der Waals surface area (Å²) in [5.74, 6) is -0.109. The Bertz CT molecular complexity index is 1400. The molecule has 0 spiro atoms. The van der Waals surface area contributed by atoms with E-state index in [1.165, 1.54) is 11.3 Å². The van der Waals surface area contributed by atoms with E-state index in [-0.39, 0.29) is 12.5 Å². The normalized spacial score (nSPS) is 11.3. The third-order valence-electron chi connectivity index (χ3n) is 5.06. The molecule has 0 N–H and O–H groups in total. The van der Waals surface area contributed by atoms with E-state index in [4.69, 9.17) is 16.6 Å². The van der Waals surface area contributed by atoms with Gasteiger partial charge in [-0.25, -0.2) is 9.67 Å². The molecule has 0 radical (unpaired) electrons. The Morgan fingerprint density at radius 3 is 2.71 bits per heavy atom. The van der Waals surface area contributed by atoms with Crippen LogP contribution >= 0.6 is 22.9 Å². The number of thiazole rings is 1. The molecule has 0 unspecified atom stereocenters. The summed E-state index contributed by atoms with van der Waals surface area (Å²) in [6.07, 6.45) is 0. The molecule has 0 fully saturated rings. The molecular weight excluding hydrogens is 430 g/mol. The van der Waals surface area contributed by atoms with Crippen LogP contribution in [0.3, 0.4) is 0 Å². The topological polar surface area (TPSA) is 63.9 Å². The van der Waals surface area contributed by atoms with E-state index >= 15 is 0 Å². The van der Waals surface area contributed by atoms with Crippen LogP contribution in [0.25, 0.3) is 21.3 Å². The van der Waals surface area contributed by atoms with Crippen molar-refractivity contribution in [3.8, 4) is 0 Å². The summed E-state index contributed by atoms with van der Waals surface area (Å²) >= 11 is 7.70. The number of hydrogen-bond donors (Lipinski definition) is 0. The van der Waals surface area contributed by atoms with E-state index in [2.05, 4.69) is 10.3 Å². The standard InChI is InChI=1S/C23H18ClN5OS/c1-15-11-17(24)12-20-22(15)25-23(31-20)28(13-16-7-3-2-4-8-16)21(30)14-29-19-10-6-5-9-18(19)26-27-29/h2-12H,13-14H2,1H3. The van der Waals surface area contributed by atoms with Crippen LogP contribution in [0, 0.1) is 6.92 Å². The lowest BCUT2D eigenvalue weighted by Crippen LogP contribution is -2.33. The lowest BCUT2D eigenvalue weighted by Gasteiger charge is -2.20. The second-order valence-electron chi connectivity index (χ2n) is 7.27. The Morgan fingerprint density at radius 1 is 1.10 bits per heavy atom. The zero-order valence-corrected chi connectivity index (χ0v) is 18.3. The molecule has 0 saturated heterocycles. The van der Waals surface area contributed by atoms with Crippen molar-refractivity contribution in [2.24, 2.45) is 0 Å². The van der Waals surface area contributed by atoms with Crippen molar-refractivity contribution >= 4 is 55.2 Å². The first-order chi connectivity index (χ1) is 15.1. The summed E-state index contributed by atoms with van der Waals surface area (Å²) in [4.78, 5) is 20.0. The van der Waals surface area contributed by atoms with Crippen molar-refractivity contribution in [1.29, 1.82) is 0 Å². The average molecular weight is 448 g/mol. The predicted octanol–water partition coefficient (Wildman–Crippen LogP) is 5.24. The van der Waals surface area contributed by atoms with E-state index in [1.54, 1.807) is 9.58 Å². The number of benzene rings is 3. The number of carbonyl (C=O) groups excluding carboxylic acids is 1. The first-order valence-electron chi connectivity index (χ1n) is 9.78. The van der Waals surface area contributed by atoms with Gasteiger partial charge in [0.05, 0.1) is 22.3 Å². The second kappa shape index (κ2) is 8.09. The van der Waals surface area contributed by atoms with Crippen LogP contribution in [-0.2, 0) is 17.9 Å². The maximum absolute atomic E-state index is 13.5. The number of rotatable bonds is 5. The number of halogens is 1. The molecule has 2 aromatic heterocycles. The molecule has 31 heavy (non-hydrogen) atoms. The first-order valence-corrected chi connectivity index (χ1v) is 11.0. The molecule has 154 valence electrons. The predicted molar refractivity (Wildman–Crippen MR) is 125 cm³/mol. The lowest BCUT2D eigenvalue weighted by atomic mass is 10.2. The Labute approximate surface area is 187 Å². The van der Waals surface area contributed by atoms with Crippen LogP contribution in [0.15, 0.2) is 66.7 Å². The van der Waals surface area contributed by atoms with Crippen molar-refractivity contribution in [2.75, 3.05) is 4.90 Å². The minimum atomic E-state index is -0.109. The van der Waals surface area contributed by atoms with Gasteiger partial charge in [0.2, 0.25) is 0 Å². The Kier molecular flexibility index (Phi) is 5.13. The number of anilines is 1. The highest BCUT2D eigenvalue weighted by Crippen LogP contribution is 2.34. The van der Waals surface area contributed by atoms with Crippen molar-refractivity contribution in [3.05, 3.63) is 82.9 Å². The van der Waals surface area contributed by atoms with Crippen molar-refractivity contribution in [2.45, 2.75) is 20.0 Å². The number of para-hydroxylation sites is 1. The van der Waals surface area contributed by atoms with Gasteiger partial charge in [-0.1, -0.05) is 70.6 Å². The maximum Gasteiger partial charge on any atom is 0.250 e. The number of fused-ring (bicyclic) bond motifs is 2. The van der Waals surface area contributed by atoms with Crippen LogP contribution in [0.5, 0.6) is 0 Å². The molecule has 5 aromatic rings. The number of nitrogens with zero attached hydrogens (tertiary/aromatic N) is 5. The van der Waals surface area contributed by atoms with E-state index in [9.17, 15) is 4.79 Å². The fourth-order valence-corrected chi connectivity index (χ4v) is 4.97. The Hall–Kier alpha value is -3.29. The van der Waals surface area contributed by atoms with Crippen molar-refractivity contribution in [1.82, 2.24) is 20.0 Å². The molecule has 0 saturated carbocycles. The van der Waals surface area contributed by atoms with Gasteiger partial charge in [-0.2, -0.15) is 0 Å². The molecule has 0 atom stereocenters. The molecule has 5 rings (SSSR count). The fraction of sp³-hybridized carbons (Fsp3) is 0.130. The molecule has 2 heterocycles. The summed E-state index contributed by atoms with van der Waals surface area (Å²) in [6, 6.07) is 21.3. The number of amides is 1. The Morgan fingerprint density at radius 2 is 1.87 bits per heavy atom. The fourth-order valence-electron chi connectivity index (χ4n) is 3.53. The molecule has 0 aliphatic rings. The third kappa shape index (κ3) is 3.89. The number of aromatic nitrogens is 4. The van der Waals surface area contributed by atoms with Gasteiger partial charge in [0.25, 0.3) is 5.91 Å². The minimum absolute atomic E-state index is 0.0724. The summed E-state index contributed by atoms with van der Waals surface area (Å²) < 4.78 is 2.59. The van der Waals surface area contributed by atoms with Gasteiger partial charge in [0, 0.05) is 5.02 Å². The molecule has 0 bridgehead atoms. The highest BCUT2D eigenvalue weighted by atomic mass is 35.5. The van der Waals surface area contributed by atoms with Crippen LogP contribution in [0.4, 0.5) is 5.13 Å². The molecule has 0 aliphatic heterocycles. The summed E-state index contributed by atoms with van der Waals surface area (Å²) in [7, 11) is 0. The van der Waals surface area contributed by atoms with Crippen LogP contribution < -0.4 is 4.90 Å². The number of aryl methyl sites for hydroxylation is 1. The Balaban J connectivity index is 1.54. The van der Waals surface area contributed by atoms with Gasteiger partial charge in [-0.15, -0.1) is 5.10 Å². The number of hydrogen-bond acceptors (Lipinski definition) is 5. The molecule has 1 amide bonds. The molecule has 3 aromatic carbocycles. The molecule has 8 heteroatoms. The highest BCUT2D eigenvalue weighted by Gasteiger charge is 2.22. The van der Waals surface area contributed by atoms with Gasteiger partial charge < -0.3 is 0 Å². The molecule has 6 nitrogen and oxygen atoms in total. The SMILES string of the molecule is Cc1cc(Cl)cc2sc(N(Cc3ccccc3)C(=O)Cn3nnc4ccccc43)nc12. The van der Waals surface area contributed by atoms with Gasteiger partial charge >= 0.3 is 0 Å². The second-order valence-corrected chi connectivity index (χ2v) is 8.71. The summed E-state index contributed by atoms with van der Waals surface area (Å²) in [5.41, 5.74) is 4.45. The van der Waals surface area contributed by atoms with Crippen molar-refractivity contribution in [3.63, 3.8) is 0 Å². The summed E-state index contributed by atoms with van der Waals surface area (Å²) in [6.45, 7) is 2.46. The minimum Gasteiger partial charge on any atom is -0.282 e. The maximum atomic E-state index is 13.5. The van der Waals surface area contributed by atoms with E-state index in [1.807, 2.05) is 73.7 Å². The zero-order valence-electron chi connectivity index (χ0n) is 16.7. The lowest BCUT2D eigenvalue weighted by molar-refractivity contribution is -0.119. The van der Waals surface area contributed by atoms with Crippen LogP contribution in [0.2, 0.25) is 5.02 Å². The molecule has 0 aliphatic carbocycles. The highest BCUT2D eigenvalue weighted by molar-refractivity contribution is 7.22. The quantitative estimate of drug-likeness (QED) is 0.369.